The Balaban J connectivity index is 1.66. The normalized spacial score (nSPS) is 21.7. The third-order valence-electron chi connectivity index (χ3n) is 4.68. The molecule has 1 aliphatic heterocycles. The summed E-state index contributed by atoms with van der Waals surface area (Å²) in [6, 6.07) is 0.218. The minimum absolute atomic E-state index is 0.213. The summed E-state index contributed by atoms with van der Waals surface area (Å²) in [6.45, 7) is 4.83. The molecule has 3 rings (SSSR count). The Labute approximate surface area is 136 Å². The molecule has 0 spiro atoms. The lowest BCUT2D eigenvalue weighted by Gasteiger charge is -2.28. The number of imidazole rings is 1. The summed E-state index contributed by atoms with van der Waals surface area (Å²) in [5.41, 5.74) is 1.74. The van der Waals surface area contributed by atoms with Crippen LogP contribution in [-0.2, 0) is 6.54 Å². The lowest BCUT2D eigenvalue weighted by atomic mass is 9.97. The highest BCUT2D eigenvalue weighted by molar-refractivity contribution is 5.83. The molecule has 3 heterocycles. The second kappa shape index (κ2) is 7.23. The number of hydrogen-bond acceptors (Lipinski definition) is 6. The molecule has 0 unspecified atom stereocenters. The topological polar surface area (TPSA) is 79.1 Å². The lowest BCUT2D eigenvalue weighted by Crippen LogP contribution is -2.44. The zero-order chi connectivity index (χ0) is 16.2. The number of piperidine rings is 1. The second-order valence-corrected chi connectivity index (χ2v) is 6.23. The van der Waals surface area contributed by atoms with Crippen LogP contribution in [0.25, 0.3) is 11.2 Å². The van der Waals surface area contributed by atoms with E-state index in [-0.39, 0.29) is 12.1 Å². The van der Waals surface area contributed by atoms with Gasteiger partial charge in [-0.25, -0.2) is 15.0 Å². The Morgan fingerprint density at radius 3 is 3.04 bits per heavy atom. The van der Waals surface area contributed by atoms with Crippen molar-refractivity contribution in [2.45, 2.75) is 51.3 Å². The summed E-state index contributed by atoms with van der Waals surface area (Å²) in [4.78, 5) is 15.3. The van der Waals surface area contributed by atoms with Crippen LogP contribution in [0.5, 0.6) is 0 Å². The summed E-state index contributed by atoms with van der Waals surface area (Å²) < 4.78 is 2.08. The van der Waals surface area contributed by atoms with Crippen molar-refractivity contribution in [3.05, 3.63) is 12.7 Å². The van der Waals surface area contributed by atoms with Gasteiger partial charge in [0.05, 0.1) is 12.4 Å². The molecule has 2 atom stereocenters. The van der Waals surface area contributed by atoms with E-state index in [4.69, 9.17) is 0 Å². The van der Waals surface area contributed by atoms with Crippen molar-refractivity contribution in [1.82, 2.24) is 24.8 Å². The van der Waals surface area contributed by atoms with Gasteiger partial charge in [0.25, 0.3) is 0 Å². The molecule has 0 radical (unpaired) electrons. The van der Waals surface area contributed by atoms with E-state index in [9.17, 15) is 5.11 Å². The molecule has 7 heteroatoms. The van der Waals surface area contributed by atoms with E-state index in [2.05, 4.69) is 36.7 Å². The first-order valence-electron chi connectivity index (χ1n) is 8.49. The summed E-state index contributed by atoms with van der Waals surface area (Å²) in [5, 5.41) is 13.4. The zero-order valence-corrected chi connectivity index (χ0v) is 13.9. The van der Waals surface area contributed by atoms with Gasteiger partial charge in [-0.05, 0) is 39.2 Å². The number of aryl methyl sites for hydroxylation is 1. The van der Waals surface area contributed by atoms with Crippen molar-refractivity contribution in [2.24, 2.45) is 0 Å². The van der Waals surface area contributed by atoms with Crippen LogP contribution >= 0.6 is 0 Å². The van der Waals surface area contributed by atoms with Crippen molar-refractivity contribution in [3.8, 4) is 0 Å². The first kappa shape index (κ1) is 16.1. The highest BCUT2D eigenvalue weighted by Gasteiger charge is 2.22. The van der Waals surface area contributed by atoms with Gasteiger partial charge >= 0.3 is 0 Å². The van der Waals surface area contributed by atoms with Crippen LogP contribution in [0.15, 0.2) is 12.7 Å². The molecular formula is C16H26N6O. The Kier molecular flexibility index (Phi) is 5.07. The number of rotatable bonds is 6. The SMILES string of the molecule is CCN(C)c1ncnc2c1ncn2CCC[C@H]1NCCC[C@@H]1O. The summed E-state index contributed by atoms with van der Waals surface area (Å²) in [7, 11) is 2.01. The average molecular weight is 318 g/mol. The third-order valence-corrected chi connectivity index (χ3v) is 4.68. The molecule has 126 valence electrons. The van der Waals surface area contributed by atoms with Gasteiger partial charge in [-0.3, -0.25) is 0 Å². The molecule has 7 nitrogen and oxygen atoms in total. The van der Waals surface area contributed by atoms with E-state index < -0.39 is 0 Å². The van der Waals surface area contributed by atoms with E-state index in [1.165, 1.54) is 0 Å². The van der Waals surface area contributed by atoms with Gasteiger partial charge in [-0.2, -0.15) is 0 Å². The molecular weight excluding hydrogens is 292 g/mol. The number of aliphatic hydroxyl groups excluding tert-OH is 1. The fourth-order valence-corrected chi connectivity index (χ4v) is 3.17. The number of nitrogens with one attached hydrogen (secondary N) is 1. The highest BCUT2D eigenvalue weighted by Crippen LogP contribution is 2.21. The van der Waals surface area contributed by atoms with Crippen LogP contribution in [0.3, 0.4) is 0 Å². The summed E-state index contributed by atoms with van der Waals surface area (Å²) >= 11 is 0. The van der Waals surface area contributed by atoms with Gasteiger partial charge < -0.3 is 19.9 Å². The van der Waals surface area contributed by atoms with E-state index in [1.807, 2.05) is 13.4 Å². The molecule has 0 amide bonds. The minimum atomic E-state index is -0.213. The largest absolute Gasteiger partial charge is 0.392 e. The van der Waals surface area contributed by atoms with Gasteiger partial charge in [0.2, 0.25) is 0 Å². The molecule has 0 aliphatic carbocycles. The third kappa shape index (κ3) is 3.45. The van der Waals surface area contributed by atoms with E-state index in [0.29, 0.717) is 0 Å². The van der Waals surface area contributed by atoms with Gasteiger partial charge in [0.1, 0.15) is 6.33 Å². The number of fused-ring (bicyclic) bond motifs is 1. The number of hydrogen-bond donors (Lipinski definition) is 2. The summed E-state index contributed by atoms with van der Waals surface area (Å²) in [6.07, 6.45) is 7.16. The predicted molar refractivity (Wildman–Crippen MR) is 90.5 cm³/mol. The van der Waals surface area contributed by atoms with Gasteiger partial charge in [0.15, 0.2) is 17.0 Å². The van der Waals surface area contributed by atoms with E-state index >= 15 is 0 Å². The molecule has 2 N–H and O–H groups in total. The number of anilines is 1. The van der Waals surface area contributed by atoms with Crippen molar-refractivity contribution in [1.29, 1.82) is 0 Å². The monoisotopic (exact) mass is 318 g/mol. The smallest absolute Gasteiger partial charge is 0.165 e. The van der Waals surface area contributed by atoms with Crippen LogP contribution in [-0.4, -0.2) is 56.9 Å². The quantitative estimate of drug-likeness (QED) is 0.832. The van der Waals surface area contributed by atoms with Gasteiger partial charge in [-0.15, -0.1) is 0 Å². The average Bonchev–Trinajstić information content (AvgIpc) is 2.99. The fraction of sp³-hybridized carbons (Fsp3) is 0.688. The van der Waals surface area contributed by atoms with Crippen molar-refractivity contribution < 1.29 is 5.11 Å². The maximum Gasteiger partial charge on any atom is 0.165 e. The lowest BCUT2D eigenvalue weighted by molar-refractivity contribution is 0.0909. The maximum atomic E-state index is 10.0. The Morgan fingerprint density at radius 1 is 1.39 bits per heavy atom. The molecule has 0 aromatic carbocycles. The Hall–Kier alpha value is -1.73. The van der Waals surface area contributed by atoms with E-state index in [1.54, 1.807) is 6.33 Å². The van der Waals surface area contributed by atoms with Crippen LogP contribution in [0.2, 0.25) is 0 Å². The number of aromatic nitrogens is 4. The number of nitrogens with zero attached hydrogens (tertiary/aromatic N) is 5. The standard InChI is InChI=1S/C16H26N6O/c1-3-21(2)15-14-16(19-10-18-15)22(11-20-14)9-5-6-12-13(23)7-4-8-17-12/h10-13,17,23H,3-9H2,1-2H3/t12-,13+/m1/s1. The molecule has 0 saturated carbocycles. The maximum absolute atomic E-state index is 10.0. The fourth-order valence-electron chi connectivity index (χ4n) is 3.17. The predicted octanol–water partition coefficient (Wildman–Crippen LogP) is 1.18. The van der Waals surface area contributed by atoms with Gasteiger partial charge in [0, 0.05) is 26.2 Å². The molecule has 1 aliphatic rings. The first-order chi connectivity index (χ1) is 11.2. The van der Waals surface area contributed by atoms with E-state index in [0.717, 1.165) is 62.3 Å². The van der Waals surface area contributed by atoms with Crippen molar-refractivity contribution in [2.75, 3.05) is 25.0 Å². The van der Waals surface area contributed by atoms with Crippen molar-refractivity contribution in [3.63, 3.8) is 0 Å². The van der Waals surface area contributed by atoms with Crippen LogP contribution in [0, 0.1) is 0 Å². The van der Waals surface area contributed by atoms with Crippen molar-refractivity contribution >= 4 is 17.0 Å². The Bertz CT molecular complexity index is 643. The second-order valence-electron chi connectivity index (χ2n) is 6.23. The first-order valence-corrected chi connectivity index (χ1v) is 8.49. The summed E-state index contributed by atoms with van der Waals surface area (Å²) in [5.74, 6) is 0.876. The van der Waals surface area contributed by atoms with Gasteiger partial charge in [-0.1, -0.05) is 0 Å². The molecule has 0 bridgehead atoms. The molecule has 1 fully saturated rings. The van der Waals surface area contributed by atoms with Crippen LogP contribution < -0.4 is 10.2 Å². The highest BCUT2D eigenvalue weighted by atomic mass is 16.3. The number of aliphatic hydroxyl groups is 1. The molecule has 2 aromatic heterocycles. The Morgan fingerprint density at radius 2 is 2.26 bits per heavy atom. The minimum Gasteiger partial charge on any atom is -0.392 e. The molecule has 23 heavy (non-hydrogen) atoms. The van der Waals surface area contributed by atoms with Crippen LogP contribution in [0.1, 0.15) is 32.6 Å². The van der Waals surface area contributed by atoms with Crippen LogP contribution in [0.4, 0.5) is 5.82 Å². The zero-order valence-electron chi connectivity index (χ0n) is 13.9. The molecule has 1 saturated heterocycles. The molecule has 2 aromatic rings.